The van der Waals surface area contributed by atoms with Crippen LogP contribution >= 0.6 is 11.6 Å². The number of hydrogen-bond donors (Lipinski definition) is 1. The standard InChI is InChI=1S/C16H5ClF11NO2/c1-29-8-3-2-6(4-7(8)17)9(30)5-10(31)11(18)12(19,20)14(23,24)16(27,28)15(25,26)13(11,21)22/h2-5,30H/b9-5-. The Morgan fingerprint density at radius 1 is 0.871 bits per heavy atom. The van der Waals surface area contributed by atoms with Crippen LogP contribution in [0.15, 0.2) is 24.3 Å². The summed E-state index contributed by atoms with van der Waals surface area (Å²) in [4.78, 5) is 14.6. The number of nitrogens with zero attached hydrogens (tertiary/aromatic N) is 1. The van der Waals surface area contributed by atoms with Crippen molar-refractivity contribution in [2.24, 2.45) is 0 Å². The highest BCUT2D eigenvalue weighted by Crippen LogP contribution is 2.69. The molecular formula is C16H5ClF11NO2. The van der Waals surface area contributed by atoms with Gasteiger partial charge in [0.2, 0.25) is 11.5 Å². The number of allylic oxidation sites excluding steroid dienone is 1. The fourth-order valence-corrected chi connectivity index (χ4v) is 2.82. The molecule has 1 fully saturated rings. The van der Waals surface area contributed by atoms with Crippen LogP contribution in [0.1, 0.15) is 5.56 Å². The van der Waals surface area contributed by atoms with E-state index in [4.69, 9.17) is 18.2 Å². The van der Waals surface area contributed by atoms with Gasteiger partial charge in [0.05, 0.1) is 6.57 Å². The summed E-state index contributed by atoms with van der Waals surface area (Å²) >= 11 is 5.55. The van der Waals surface area contributed by atoms with Gasteiger partial charge in [0.1, 0.15) is 5.76 Å². The molecule has 0 saturated heterocycles. The minimum absolute atomic E-state index is 0.279. The Hall–Kier alpha value is -2.56. The summed E-state index contributed by atoms with van der Waals surface area (Å²) in [6.07, 6.45) is -0.888. The average molecular weight is 488 g/mol. The topological polar surface area (TPSA) is 41.7 Å². The molecule has 0 spiro atoms. The van der Waals surface area contributed by atoms with Gasteiger partial charge in [-0.25, -0.2) is 9.24 Å². The predicted molar refractivity (Wildman–Crippen MR) is 81.9 cm³/mol. The summed E-state index contributed by atoms with van der Waals surface area (Å²) in [5.74, 6) is -42.3. The molecule has 0 heterocycles. The second-order valence-electron chi connectivity index (χ2n) is 6.20. The van der Waals surface area contributed by atoms with Crippen LogP contribution in [-0.4, -0.2) is 46.2 Å². The molecule has 170 valence electrons. The molecule has 0 unspecified atom stereocenters. The predicted octanol–water partition coefficient (Wildman–Crippen LogP) is 6.26. The van der Waals surface area contributed by atoms with Gasteiger partial charge < -0.3 is 5.11 Å². The minimum atomic E-state index is -7.46. The van der Waals surface area contributed by atoms with E-state index in [1.807, 2.05) is 0 Å². The fraction of sp³-hybridized carbons (Fsp3) is 0.375. The summed E-state index contributed by atoms with van der Waals surface area (Å²) in [7, 11) is 0. The van der Waals surface area contributed by atoms with E-state index in [9.17, 15) is 58.2 Å². The second kappa shape index (κ2) is 6.72. The van der Waals surface area contributed by atoms with Gasteiger partial charge in [-0.05, 0) is 6.07 Å². The molecule has 1 aromatic rings. The highest BCUT2D eigenvalue weighted by Gasteiger charge is 3.02. The number of aliphatic hydroxyl groups excluding tert-OH is 1. The quantitative estimate of drug-likeness (QED) is 0.237. The van der Waals surface area contributed by atoms with Crippen molar-refractivity contribution in [2.75, 3.05) is 0 Å². The van der Waals surface area contributed by atoms with Crippen LogP contribution in [0.4, 0.5) is 54.0 Å². The fourth-order valence-electron chi connectivity index (χ4n) is 2.59. The maximum Gasteiger partial charge on any atom is 0.384 e. The number of hydrogen-bond acceptors (Lipinski definition) is 2. The van der Waals surface area contributed by atoms with Crippen molar-refractivity contribution < 1.29 is 58.2 Å². The van der Waals surface area contributed by atoms with Crippen molar-refractivity contribution in [3.8, 4) is 0 Å². The monoisotopic (exact) mass is 487 g/mol. The molecule has 0 amide bonds. The molecule has 1 aromatic carbocycles. The van der Waals surface area contributed by atoms with Gasteiger partial charge in [-0.3, -0.25) is 4.79 Å². The maximum atomic E-state index is 14.6. The van der Waals surface area contributed by atoms with Gasteiger partial charge in [0.15, 0.2) is 0 Å². The number of carbonyl (C=O) groups excluding carboxylic acids is 1. The van der Waals surface area contributed by atoms with E-state index in [1.54, 1.807) is 0 Å². The first kappa shape index (κ1) is 24.7. The van der Waals surface area contributed by atoms with Gasteiger partial charge in [-0.1, -0.05) is 23.7 Å². The number of aliphatic hydroxyl groups is 1. The molecule has 0 bridgehead atoms. The Morgan fingerprint density at radius 2 is 1.29 bits per heavy atom. The van der Waals surface area contributed by atoms with Crippen LogP contribution in [0.2, 0.25) is 5.02 Å². The van der Waals surface area contributed by atoms with Gasteiger partial charge in [0.25, 0.3) is 0 Å². The largest absolute Gasteiger partial charge is 0.507 e. The van der Waals surface area contributed by atoms with E-state index in [1.165, 1.54) is 0 Å². The molecule has 15 heteroatoms. The van der Waals surface area contributed by atoms with E-state index in [2.05, 4.69) is 4.85 Å². The van der Waals surface area contributed by atoms with Crippen molar-refractivity contribution in [3.05, 3.63) is 46.3 Å². The third kappa shape index (κ3) is 2.74. The van der Waals surface area contributed by atoms with Gasteiger partial charge in [0, 0.05) is 16.7 Å². The van der Waals surface area contributed by atoms with Crippen LogP contribution in [-0.2, 0) is 4.79 Å². The molecule has 0 atom stereocenters. The second-order valence-corrected chi connectivity index (χ2v) is 6.61. The highest BCUT2D eigenvalue weighted by atomic mass is 35.5. The molecule has 1 aliphatic rings. The zero-order valence-corrected chi connectivity index (χ0v) is 14.9. The molecular weight excluding hydrogens is 483 g/mol. The molecule has 0 radical (unpaired) electrons. The Bertz CT molecular complexity index is 983. The first-order valence-electron chi connectivity index (χ1n) is 7.46. The first-order chi connectivity index (χ1) is 13.8. The lowest BCUT2D eigenvalue weighted by Crippen LogP contribution is -2.85. The summed E-state index contributed by atoms with van der Waals surface area (Å²) in [5, 5.41) is 9.18. The van der Waals surface area contributed by atoms with E-state index in [0.717, 1.165) is 6.07 Å². The zero-order valence-electron chi connectivity index (χ0n) is 14.1. The molecule has 31 heavy (non-hydrogen) atoms. The van der Waals surface area contributed by atoms with Crippen LogP contribution in [0, 0.1) is 6.57 Å². The lowest BCUT2D eigenvalue weighted by atomic mass is 9.70. The Kier molecular flexibility index (Phi) is 5.35. The molecule has 0 aliphatic heterocycles. The van der Waals surface area contributed by atoms with Crippen molar-refractivity contribution in [2.45, 2.75) is 35.3 Å². The summed E-state index contributed by atoms with van der Waals surface area (Å²) < 4.78 is 150. The molecule has 3 nitrogen and oxygen atoms in total. The molecule has 2 rings (SSSR count). The molecule has 1 saturated carbocycles. The van der Waals surface area contributed by atoms with E-state index in [0.29, 0.717) is 12.1 Å². The summed E-state index contributed by atoms with van der Waals surface area (Å²) in [6, 6.07) is 2.16. The number of carbonyl (C=O) groups is 1. The summed E-state index contributed by atoms with van der Waals surface area (Å²) in [5.41, 5.74) is -7.93. The Labute approximate surface area is 169 Å². The number of ketones is 1. The van der Waals surface area contributed by atoms with Crippen LogP contribution in [0.5, 0.6) is 0 Å². The average Bonchev–Trinajstić information content (AvgIpc) is 2.65. The zero-order chi connectivity index (χ0) is 24.4. The SMILES string of the molecule is [C-]#[N+]c1ccc(/C(O)=C/C(=O)C2(F)C(F)(F)C(F)(F)C(F)(F)C(F)(F)C2(F)F)cc1Cl. The third-order valence-electron chi connectivity index (χ3n) is 4.41. The summed E-state index contributed by atoms with van der Waals surface area (Å²) in [6.45, 7) is 6.72. The normalized spacial score (nSPS) is 24.8. The van der Waals surface area contributed by atoms with Crippen molar-refractivity contribution >= 4 is 28.8 Å². The number of halogens is 12. The Morgan fingerprint density at radius 3 is 1.68 bits per heavy atom. The molecule has 1 aliphatic carbocycles. The number of alkyl halides is 11. The van der Waals surface area contributed by atoms with E-state index in [-0.39, 0.29) is 5.69 Å². The van der Waals surface area contributed by atoms with E-state index >= 15 is 0 Å². The molecule has 0 aromatic heterocycles. The Balaban J connectivity index is 2.71. The maximum absolute atomic E-state index is 14.6. The van der Waals surface area contributed by atoms with E-state index < -0.39 is 63.5 Å². The first-order valence-corrected chi connectivity index (χ1v) is 7.84. The van der Waals surface area contributed by atoms with Crippen LogP contribution < -0.4 is 0 Å². The van der Waals surface area contributed by atoms with Gasteiger partial charge in [-0.2, -0.15) is 43.9 Å². The number of benzene rings is 1. The minimum Gasteiger partial charge on any atom is -0.507 e. The van der Waals surface area contributed by atoms with Crippen LogP contribution in [0.25, 0.3) is 10.6 Å². The van der Waals surface area contributed by atoms with Crippen molar-refractivity contribution in [1.29, 1.82) is 0 Å². The number of rotatable bonds is 3. The highest BCUT2D eigenvalue weighted by molar-refractivity contribution is 6.33. The van der Waals surface area contributed by atoms with Crippen LogP contribution in [0.3, 0.4) is 0 Å². The lowest BCUT2D eigenvalue weighted by molar-refractivity contribution is -0.475. The van der Waals surface area contributed by atoms with Gasteiger partial charge in [-0.15, -0.1) is 0 Å². The smallest absolute Gasteiger partial charge is 0.384 e. The van der Waals surface area contributed by atoms with Gasteiger partial charge >= 0.3 is 35.3 Å². The van der Waals surface area contributed by atoms with Crippen molar-refractivity contribution in [1.82, 2.24) is 0 Å². The molecule has 1 N–H and O–H groups in total. The third-order valence-corrected chi connectivity index (χ3v) is 4.72. The lowest BCUT2D eigenvalue weighted by Gasteiger charge is -2.51. The van der Waals surface area contributed by atoms with Crippen molar-refractivity contribution in [3.63, 3.8) is 0 Å².